The van der Waals surface area contributed by atoms with Gasteiger partial charge in [-0.3, -0.25) is 0 Å². The third kappa shape index (κ3) is 2.22. The van der Waals surface area contributed by atoms with Gasteiger partial charge in [-0.1, -0.05) is 18.6 Å². The Morgan fingerprint density at radius 1 is 1.50 bits per heavy atom. The molecule has 0 aliphatic carbocycles. The normalized spacial score (nSPS) is 10.2. The molecule has 0 aliphatic rings. The van der Waals surface area contributed by atoms with Gasteiger partial charge in [-0.05, 0) is 13.3 Å². The molecule has 68 valence electrons. The summed E-state index contributed by atoms with van der Waals surface area (Å²) in [5.41, 5.74) is 0. The number of aromatic nitrogens is 3. The lowest BCUT2D eigenvalue weighted by Crippen LogP contribution is -2.07. The molecule has 0 saturated heterocycles. The van der Waals surface area contributed by atoms with Crippen LogP contribution < -0.4 is 5.32 Å². The van der Waals surface area contributed by atoms with Gasteiger partial charge in [0.15, 0.2) is 0 Å². The Hall–Kier alpha value is -1.06. The molecule has 0 radical (unpaired) electrons. The van der Waals surface area contributed by atoms with Crippen LogP contribution in [0.15, 0.2) is 6.20 Å². The molecule has 4 nitrogen and oxygen atoms in total. The number of aryl methyl sites for hydroxylation is 1. The average molecular weight is 168 g/mol. The quantitative estimate of drug-likeness (QED) is 0.678. The van der Waals surface area contributed by atoms with Crippen molar-refractivity contribution in [1.82, 2.24) is 15.0 Å². The van der Waals surface area contributed by atoms with Crippen molar-refractivity contribution in [3.63, 3.8) is 0 Å². The topological polar surface area (TPSA) is 42.7 Å². The van der Waals surface area contributed by atoms with Crippen molar-refractivity contribution in [2.45, 2.75) is 33.2 Å². The van der Waals surface area contributed by atoms with Crippen LogP contribution in [0.2, 0.25) is 0 Å². The summed E-state index contributed by atoms with van der Waals surface area (Å²) < 4.78 is 1.86. The SMILES string of the molecule is CCCCNc1cnnn1CC. The molecule has 4 heteroatoms. The van der Waals surface area contributed by atoms with Crippen molar-refractivity contribution in [2.24, 2.45) is 0 Å². The molecule has 0 unspecified atom stereocenters. The van der Waals surface area contributed by atoms with Crippen molar-refractivity contribution in [2.75, 3.05) is 11.9 Å². The van der Waals surface area contributed by atoms with Crippen LogP contribution in [-0.2, 0) is 6.54 Å². The van der Waals surface area contributed by atoms with E-state index in [-0.39, 0.29) is 0 Å². The highest BCUT2D eigenvalue weighted by Crippen LogP contribution is 2.03. The second-order valence-electron chi connectivity index (χ2n) is 2.72. The monoisotopic (exact) mass is 168 g/mol. The molecule has 0 aromatic carbocycles. The predicted molar refractivity (Wildman–Crippen MR) is 49.1 cm³/mol. The van der Waals surface area contributed by atoms with Crippen molar-refractivity contribution in [3.05, 3.63) is 6.20 Å². The Kier molecular flexibility index (Phi) is 3.57. The van der Waals surface area contributed by atoms with Crippen LogP contribution in [0.4, 0.5) is 5.82 Å². The molecule has 0 fully saturated rings. The van der Waals surface area contributed by atoms with Gasteiger partial charge in [-0.2, -0.15) is 0 Å². The van der Waals surface area contributed by atoms with E-state index in [1.165, 1.54) is 12.8 Å². The fraction of sp³-hybridized carbons (Fsp3) is 0.750. The van der Waals surface area contributed by atoms with Crippen molar-refractivity contribution >= 4 is 5.82 Å². The molecule has 0 atom stereocenters. The van der Waals surface area contributed by atoms with Gasteiger partial charge in [0, 0.05) is 13.1 Å². The number of rotatable bonds is 5. The molecule has 0 spiro atoms. The Morgan fingerprint density at radius 3 is 3.00 bits per heavy atom. The molecule has 1 N–H and O–H groups in total. The van der Waals surface area contributed by atoms with E-state index in [9.17, 15) is 0 Å². The van der Waals surface area contributed by atoms with Gasteiger partial charge in [0.2, 0.25) is 0 Å². The Bertz CT molecular complexity index is 219. The van der Waals surface area contributed by atoms with Gasteiger partial charge >= 0.3 is 0 Å². The third-order valence-electron chi connectivity index (χ3n) is 1.75. The lowest BCUT2D eigenvalue weighted by molar-refractivity contribution is 0.629. The highest BCUT2D eigenvalue weighted by atomic mass is 15.4. The van der Waals surface area contributed by atoms with Gasteiger partial charge < -0.3 is 5.32 Å². The molecule has 1 aromatic heterocycles. The largest absolute Gasteiger partial charge is 0.369 e. The summed E-state index contributed by atoms with van der Waals surface area (Å²) in [6.07, 6.45) is 4.16. The number of unbranched alkanes of at least 4 members (excludes halogenated alkanes) is 1. The first-order valence-electron chi connectivity index (χ1n) is 4.50. The van der Waals surface area contributed by atoms with Crippen molar-refractivity contribution in [3.8, 4) is 0 Å². The predicted octanol–water partition coefficient (Wildman–Crippen LogP) is 1.51. The minimum absolute atomic E-state index is 0.870. The lowest BCUT2D eigenvalue weighted by Gasteiger charge is -2.04. The first-order chi connectivity index (χ1) is 5.88. The highest BCUT2D eigenvalue weighted by Gasteiger charge is 1.98. The summed E-state index contributed by atoms with van der Waals surface area (Å²) in [5, 5.41) is 11.0. The second-order valence-corrected chi connectivity index (χ2v) is 2.72. The van der Waals surface area contributed by atoms with E-state index < -0.39 is 0 Å². The van der Waals surface area contributed by atoms with Crippen LogP contribution >= 0.6 is 0 Å². The van der Waals surface area contributed by atoms with Gasteiger partial charge in [0.05, 0.1) is 6.20 Å². The smallest absolute Gasteiger partial charge is 0.144 e. The maximum atomic E-state index is 3.92. The highest BCUT2D eigenvalue weighted by molar-refractivity contribution is 5.30. The summed E-state index contributed by atoms with van der Waals surface area (Å²) in [6, 6.07) is 0. The van der Waals surface area contributed by atoms with Gasteiger partial charge in [0.1, 0.15) is 5.82 Å². The number of hydrogen-bond acceptors (Lipinski definition) is 3. The molecule has 1 aromatic rings. The Balaban J connectivity index is 2.39. The number of anilines is 1. The molecular formula is C8H16N4. The van der Waals surface area contributed by atoms with Crippen LogP contribution in [0, 0.1) is 0 Å². The van der Waals surface area contributed by atoms with Crippen LogP contribution in [0.1, 0.15) is 26.7 Å². The van der Waals surface area contributed by atoms with Crippen molar-refractivity contribution < 1.29 is 0 Å². The maximum absolute atomic E-state index is 3.92. The average Bonchev–Trinajstić information content (AvgIpc) is 2.52. The lowest BCUT2D eigenvalue weighted by atomic mass is 10.3. The van der Waals surface area contributed by atoms with E-state index in [0.717, 1.165) is 18.9 Å². The zero-order valence-electron chi connectivity index (χ0n) is 7.75. The van der Waals surface area contributed by atoms with E-state index in [1.54, 1.807) is 6.20 Å². The number of nitrogens with one attached hydrogen (secondary N) is 1. The van der Waals surface area contributed by atoms with E-state index in [0.29, 0.717) is 0 Å². The summed E-state index contributed by atoms with van der Waals surface area (Å²) in [4.78, 5) is 0. The molecule has 1 rings (SSSR count). The fourth-order valence-electron chi connectivity index (χ4n) is 1.02. The summed E-state index contributed by atoms with van der Waals surface area (Å²) in [5.74, 6) is 1.02. The minimum Gasteiger partial charge on any atom is -0.369 e. The van der Waals surface area contributed by atoms with E-state index in [2.05, 4.69) is 29.5 Å². The van der Waals surface area contributed by atoms with Gasteiger partial charge in [-0.15, -0.1) is 5.10 Å². The Labute approximate surface area is 73.0 Å². The van der Waals surface area contributed by atoms with E-state index in [4.69, 9.17) is 0 Å². The van der Waals surface area contributed by atoms with Crippen molar-refractivity contribution in [1.29, 1.82) is 0 Å². The first-order valence-corrected chi connectivity index (χ1v) is 4.50. The molecule has 0 saturated carbocycles. The van der Waals surface area contributed by atoms with Crippen LogP contribution in [0.25, 0.3) is 0 Å². The molecule has 0 amide bonds. The molecule has 0 aliphatic heterocycles. The second kappa shape index (κ2) is 4.74. The summed E-state index contributed by atoms with van der Waals surface area (Å²) in [7, 11) is 0. The third-order valence-corrected chi connectivity index (χ3v) is 1.75. The maximum Gasteiger partial charge on any atom is 0.144 e. The standard InChI is InChI=1S/C8H16N4/c1-3-5-6-9-8-7-10-11-12(8)4-2/h7,9H,3-6H2,1-2H3. The molecule has 0 bridgehead atoms. The van der Waals surface area contributed by atoms with E-state index in [1.807, 2.05) is 4.68 Å². The van der Waals surface area contributed by atoms with E-state index >= 15 is 0 Å². The van der Waals surface area contributed by atoms with Gasteiger partial charge in [-0.25, -0.2) is 4.68 Å². The van der Waals surface area contributed by atoms with Crippen LogP contribution in [-0.4, -0.2) is 21.5 Å². The Morgan fingerprint density at radius 2 is 2.33 bits per heavy atom. The fourth-order valence-corrected chi connectivity index (χ4v) is 1.02. The van der Waals surface area contributed by atoms with Gasteiger partial charge in [0.25, 0.3) is 0 Å². The summed E-state index contributed by atoms with van der Waals surface area (Å²) >= 11 is 0. The zero-order valence-corrected chi connectivity index (χ0v) is 7.75. The minimum atomic E-state index is 0.870. The van der Waals surface area contributed by atoms with Crippen LogP contribution in [0.5, 0.6) is 0 Å². The summed E-state index contributed by atoms with van der Waals surface area (Å²) in [6.45, 7) is 6.11. The first kappa shape index (κ1) is 9.03. The zero-order chi connectivity index (χ0) is 8.81. The molecular weight excluding hydrogens is 152 g/mol. The molecule has 12 heavy (non-hydrogen) atoms. The number of hydrogen-bond donors (Lipinski definition) is 1. The van der Waals surface area contributed by atoms with Crippen LogP contribution in [0.3, 0.4) is 0 Å². The molecule has 1 heterocycles. The number of nitrogens with zero attached hydrogens (tertiary/aromatic N) is 3.